The lowest BCUT2D eigenvalue weighted by Gasteiger charge is -2.15. The maximum atomic E-state index is 12.3. The molecule has 0 saturated heterocycles. The van der Waals surface area contributed by atoms with Crippen LogP contribution in [0.15, 0.2) is 48.5 Å². The van der Waals surface area contributed by atoms with Crippen LogP contribution in [0.5, 0.6) is 0 Å². The molecule has 2 aromatic carbocycles. The number of halogens is 1. The summed E-state index contributed by atoms with van der Waals surface area (Å²) in [7, 11) is 0. The summed E-state index contributed by atoms with van der Waals surface area (Å²) in [5, 5.41) is 3.05. The molecule has 0 bridgehead atoms. The third-order valence-corrected chi connectivity index (χ3v) is 4.29. The summed E-state index contributed by atoms with van der Waals surface area (Å²) in [5.41, 5.74) is 3.16. The maximum Gasteiger partial charge on any atom is 0.252 e. The van der Waals surface area contributed by atoms with Crippen LogP contribution < -0.4 is 5.32 Å². The van der Waals surface area contributed by atoms with Gasteiger partial charge in [0.25, 0.3) is 5.91 Å². The van der Waals surface area contributed by atoms with Gasteiger partial charge >= 0.3 is 0 Å². The van der Waals surface area contributed by atoms with Crippen LogP contribution >= 0.6 is 22.6 Å². The highest BCUT2D eigenvalue weighted by atomic mass is 127. The van der Waals surface area contributed by atoms with E-state index in [1.54, 1.807) is 0 Å². The Labute approximate surface area is 133 Å². The van der Waals surface area contributed by atoms with E-state index in [4.69, 9.17) is 0 Å². The lowest BCUT2D eigenvalue weighted by molar-refractivity contribution is 0.0939. The number of carbonyl (C=O) groups excluding carboxylic acids is 1. The van der Waals surface area contributed by atoms with E-state index in [2.05, 4.69) is 59.1 Å². The standard InChI is InChI=1S/C17H18INO/c1-3-13-8-10-14(11-9-13)12(2)19-17(20)15-6-4-5-7-16(15)18/h4-12H,3H2,1-2H3,(H,19,20)/t12-/m0/s1. The van der Waals surface area contributed by atoms with Crippen molar-refractivity contribution in [1.29, 1.82) is 0 Å². The van der Waals surface area contributed by atoms with Gasteiger partial charge in [-0.25, -0.2) is 0 Å². The normalized spacial score (nSPS) is 11.9. The molecule has 0 radical (unpaired) electrons. The van der Waals surface area contributed by atoms with Gasteiger partial charge in [0.05, 0.1) is 11.6 Å². The number of aryl methyl sites for hydroxylation is 1. The Morgan fingerprint density at radius 3 is 2.40 bits per heavy atom. The Hall–Kier alpha value is -1.36. The highest BCUT2D eigenvalue weighted by Crippen LogP contribution is 2.16. The predicted octanol–water partition coefficient (Wildman–Crippen LogP) is 4.34. The summed E-state index contributed by atoms with van der Waals surface area (Å²) < 4.78 is 0.969. The van der Waals surface area contributed by atoms with Crippen molar-refractivity contribution in [3.05, 3.63) is 68.8 Å². The molecule has 1 N–H and O–H groups in total. The number of hydrogen-bond donors (Lipinski definition) is 1. The van der Waals surface area contributed by atoms with E-state index in [-0.39, 0.29) is 11.9 Å². The smallest absolute Gasteiger partial charge is 0.252 e. The molecule has 0 aliphatic heterocycles. The zero-order chi connectivity index (χ0) is 14.5. The third-order valence-electron chi connectivity index (χ3n) is 3.35. The topological polar surface area (TPSA) is 29.1 Å². The van der Waals surface area contributed by atoms with Crippen LogP contribution in [0.2, 0.25) is 0 Å². The molecular formula is C17H18INO. The van der Waals surface area contributed by atoms with Crippen LogP contribution in [0, 0.1) is 3.57 Å². The molecular weight excluding hydrogens is 361 g/mol. The van der Waals surface area contributed by atoms with Crippen LogP contribution in [0.4, 0.5) is 0 Å². The minimum absolute atomic E-state index is 0.00409. The van der Waals surface area contributed by atoms with E-state index in [1.165, 1.54) is 5.56 Å². The summed E-state index contributed by atoms with van der Waals surface area (Å²) in [6.07, 6.45) is 1.03. The summed E-state index contributed by atoms with van der Waals surface area (Å²) in [6.45, 7) is 4.15. The maximum absolute atomic E-state index is 12.3. The third kappa shape index (κ3) is 3.60. The lowest BCUT2D eigenvalue weighted by Crippen LogP contribution is -2.27. The fraction of sp³-hybridized carbons (Fsp3) is 0.235. The molecule has 0 aromatic heterocycles. The molecule has 0 heterocycles. The minimum atomic E-state index is -0.0259. The molecule has 1 amide bonds. The first-order chi connectivity index (χ1) is 9.61. The number of benzene rings is 2. The Morgan fingerprint density at radius 2 is 1.80 bits per heavy atom. The molecule has 20 heavy (non-hydrogen) atoms. The second-order valence-electron chi connectivity index (χ2n) is 4.77. The van der Waals surface area contributed by atoms with E-state index in [9.17, 15) is 4.79 Å². The molecule has 3 heteroatoms. The van der Waals surface area contributed by atoms with Gasteiger partial charge in [-0.15, -0.1) is 0 Å². The summed E-state index contributed by atoms with van der Waals surface area (Å²) >= 11 is 2.19. The molecule has 2 nitrogen and oxygen atoms in total. The lowest BCUT2D eigenvalue weighted by atomic mass is 10.0. The second-order valence-corrected chi connectivity index (χ2v) is 5.93. The van der Waals surface area contributed by atoms with E-state index < -0.39 is 0 Å². The minimum Gasteiger partial charge on any atom is -0.345 e. The Kier molecular flexibility index (Phi) is 5.17. The van der Waals surface area contributed by atoms with Gasteiger partial charge < -0.3 is 5.32 Å². The number of rotatable bonds is 4. The molecule has 2 aromatic rings. The Bertz CT molecular complexity index is 592. The number of nitrogens with one attached hydrogen (secondary N) is 1. The van der Waals surface area contributed by atoms with Gasteiger partial charge in [-0.3, -0.25) is 4.79 Å². The van der Waals surface area contributed by atoms with Gasteiger partial charge in [0.1, 0.15) is 0 Å². The van der Waals surface area contributed by atoms with Gasteiger partial charge in [-0.05, 0) is 59.2 Å². The first-order valence-electron chi connectivity index (χ1n) is 6.76. The van der Waals surface area contributed by atoms with Crippen LogP contribution in [0.1, 0.15) is 41.4 Å². The zero-order valence-electron chi connectivity index (χ0n) is 11.7. The van der Waals surface area contributed by atoms with E-state index in [0.717, 1.165) is 21.1 Å². The molecule has 0 fully saturated rings. The van der Waals surface area contributed by atoms with Crippen molar-refractivity contribution in [2.45, 2.75) is 26.3 Å². The van der Waals surface area contributed by atoms with Crippen LogP contribution in [0.3, 0.4) is 0 Å². The van der Waals surface area contributed by atoms with Gasteiger partial charge in [-0.1, -0.05) is 43.3 Å². The second kappa shape index (κ2) is 6.88. The van der Waals surface area contributed by atoms with Crippen molar-refractivity contribution in [2.24, 2.45) is 0 Å². The number of carbonyl (C=O) groups is 1. The van der Waals surface area contributed by atoms with Crippen molar-refractivity contribution in [1.82, 2.24) is 5.32 Å². The summed E-state index contributed by atoms with van der Waals surface area (Å²) in [6, 6.07) is 16.0. The molecule has 1 atom stereocenters. The summed E-state index contributed by atoms with van der Waals surface area (Å²) in [4.78, 5) is 12.3. The van der Waals surface area contributed by atoms with Gasteiger partial charge in [-0.2, -0.15) is 0 Å². The average molecular weight is 379 g/mol. The van der Waals surface area contributed by atoms with Crippen molar-refractivity contribution in [3.63, 3.8) is 0 Å². The molecule has 2 rings (SSSR count). The highest BCUT2D eigenvalue weighted by Gasteiger charge is 2.13. The quantitative estimate of drug-likeness (QED) is 0.787. The van der Waals surface area contributed by atoms with E-state index in [1.807, 2.05) is 31.2 Å². The zero-order valence-corrected chi connectivity index (χ0v) is 13.8. The largest absolute Gasteiger partial charge is 0.345 e. The van der Waals surface area contributed by atoms with Crippen molar-refractivity contribution < 1.29 is 4.79 Å². The van der Waals surface area contributed by atoms with Gasteiger partial charge in [0, 0.05) is 3.57 Å². The van der Waals surface area contributed by atoms with Crippen molar-refractivity contribution in [2.75, 3.05) is 0 Å². The molecule has 0 unspecified atom stereocenters. The van der Waals surface area contributed by atoms with Crippen LogP contribution in [0.25, 0.3) is 0 Å². The first kappa shape index (κ1) is 15.0. The van der Waals surface area contributed by atoms with Crippen LogP contribution in [-0.2, 0) is 6.42 Å². The summed E-state index contributed by atoms with van der Waals surface area (Å²) in [5.74, 6) is -0.0259. The van der Waals surface area contributed by atoms with Crippen LogP contribution in [-0.4, -0.2) is 5.91 Å². The molecule has 0 spiro atoms. The average Bonchev–Trinajstić information content (AvgIpc) is 2.47. The Balaban J connectivity index is 2.09. The molecule has 104 valence electrons. The monoisotopic (exact) mass is 379 g/mol. The van der Waals surface area contributed by atoms with E-state index >= 15 is 0 Å². The number of amides is 1. The fourth-order valence-corrected chi connectivity index (χ4v) is 2.68. The SMILES string of the molecule is CCc1ccc([C@H](C)NC(=O)c2ccccc2I)cc1. The van der Waals surface area contributed by atoms with Gasteiger partial charge in [0.2, 0.25) is 0 Å². The van der Waals surface area contributed by atoms with E-state index in [0.29, 0.717) is 0 Å². The molecule has 0 aliphatic rings. The number of hydrogen-bond acceptors (Lipinski definition) is 1. The highest BCUT2D eigenvalue weighted by molar-refractivity contribution is 14.1. The Morgan fingerprint density at radius 1 is 1.15 bits per heavy atom. The molecule has 0 aliphatic carbocycles. The van der Waals surface area contributed by atoms with Crippen molar-refractivity contribution in [3.8, 4) is 0 Å². The fourth-order valence-electron chi connectivity index (χ4n) is 2.05. The van der Waals surface area contributed by atoms with Crippen molar-refractivity contribution >= 4 is 28.5 Å². The molecule has 0 saturated carbocycles. The first-order valence-corrected chi connectivity index (χ1v) is 7.84. The van der Waals surface area contributed by atoms with Gasteiger partial charge in [0.15, 0.2) is 0 Å². The predicted molar refractivity (Wildman–Crippen MR) is 90.9 cm³/mol.